The number of carbonyl (C=O) groups is 1. The van der Waals surface area contributed by atoms with Gasteiger partial charge >= 0.3 is 0 Å². The molecule has 0 bridgehead atoms. The molecule has 0 saturated heterocycles. The van der Waals surface area contributed by atoms with E-state index in [4.69, 9.17) is 4.74 Å². The third-order valence-corrected chi connectivity index (χ3v) is 8.37. The summed E-state index contributed by atoms with van der Waals surface area (Å²) >= 11 is 0. The number of nitrogens with zero attached hydrogens (tertiary/aromatic N) is 2. The van der Waals surface area contributed by atoms with Gasteiger partial charge < -0.3 is 14.7 Å². The van der Waals surface area contributed by atoms with Crippen LogP contribution in [0.25, 0.3) is 0 Å². The summed E-state index contributed by atoms with van der Waals surface area (Å²) in [4.78, 5) is 14.8. The number of likely N-dealkylation sites (N-methyl/N-ethyl adjacent to an activating group) is 1. The fourth-order valence-corrected chi connectivity index (χ4v) is 5.59. The molecule has 198 valence electrons. The molecule has 0 fully saturated rings. The zero-order valence-electron chi connectivity index (χ0n) is 20.4. The molecule has 2 aromatic carbocycles. The summed E-state index contributed by atoms with van der Waals surface area (Å²) in [5.41, 5.74) is 0.232. The molecule has 0 spiro atoms. The third kappa shape index (κ3) is 6.33. The SMILES string of the molecule is C[C@H]1CN([C@@H](C)CO)C(=O)c2cc(NS(C)(=O)=O)ccc2O[C@@H]1CN(C)S(=O)(=O)c1ccc(F)cc1. The number of amides is 1. The summed E-state index contributed by atoms with van der Waals surface area (Å²) in [7, 11) is -6.18. The highest BCUT2D eigenvalue weighted by atomic mass is 32.2. The van der Waals surface area contributed by atoms with Crippen LogP contribution >= 0.6 is 0 Å². The van der Waals surface area contributed by atoms with Gasteiger partial charge in [-0.25, -0.2) is 21.2 Å². The van der Waals surface area contributed by atoms with Crippen molar-refractivity contribution >= 4 is 31.6 Å². The Labute approximate surface area is 210 Å². The van der Waals surface area contributed by atoms with Crippen LogP contribution in [0.2, 0.25) is 0 Å². The van der Waals surface area contributed by atoms with Gasteiger partial charge in [0.05, 0.1) is 35.9 Å². The van der Waals surface area contributed by atoms with Crippen molar-refractivity contribution in [3.8, 4) is 5.75 Å². The molecule has 0 radical (unpaired) electrons. The summed E-state index contributed by atoms with van der Waals surface area (Å²) in [6, 6.07) is 8.16. The van der Waals surface area contributed by atoms with E-state index in [1.54, 1.807) is 13.8 Å². The molecule has 1 heterocycles. The first-order valence-corrected chi connectivity index (χ1v) is 14.5. The molecule has 0 aliphatic carbocycles. The fourth-order valence-electron chi connectivity index (χ4n) is 3.86. The molecule has 0 saturated carbocycles. The second-order valence-corrected chi connectivity index (χ2v) is 12.7. The van der Waals surface area contributed by atoms with Crippen molar-refractivity contribution < 1.29 is 35.9 Å². The minimum absolute atomic E-state index is 0.0740. The number of aliphatic hydroxyl groups is 1. The Balaban J connectivity index is 1.99. The summed E-state index contributed by atoms with van der Waals surface area (Å²) < 4.78 is 72.3. The van der Waals surface area contributed by atoms with Crippen LogP contribution in [-0.2, 0) is 20.0 Å². The minimum Gasteiger partial charge on any atom is -0.488 e. The average molecular weight is 544 g/mol. The molecule has 3 rings (SSSR count). The number of halogens is 1. The number of carbonyl (C=O) groups excluding carboxylic acids is 1. The van der Waals surface area contributed by atoms with Crippen molar-refractivity contribution in [1.82, 2.24) is 9.21 Å². The molecule has 13 heteroatoms. The van der Waals surface area contributed by atoms with Crippen LogP contribution in [0.1, 0.15) is 24.2 Å². The van der Waals surface area contributed by atoms with Gasteiger partial charge in [0.2, 0.25) is 20.0 Å². The highest BCUT2D eigenvalue weighted by Gasteiger charge is 2.35. The fraction of sp³-hybridized carbons (Fsp3) is 0.435. The van der Waals surface area contributed by atoms with Gasteiger partial charge in [-0.3, -0.25) is 9.52 Å². The van der Waals surface area contributed by atoms with Crippen LogP contribution in [-0.4, -0.2) is 82.2 Å². The Hall–Kier alpha value is -2.74. The Morgan fingerprint density at radius 1 is 1.19 bits per heavy atom. The molecular weight excluding hydrogens is 513 g/mol. The molecule has 0 unspecified atom stereocenters. The molecule has 3 atom stereocenters. The molecule has 0 aromatic heterocycles. The van der Waals surface area contributed by atoms with Crippen LogP contribution in [0.4, 0.5) is 10.1 Å². The predicted octanol–water partition coefficient (Wildman–Crippen LogP) is 1.74. The van der Waals surface area contributed by atoms with Gasteiger partial charge in [-0.15, -0.1) is 0 Å². The number of anilines is 1. The van der Waals surface area contributed by atoms with Crippen LogP contribution < -0.4 is 9.46 Å². The maximum absolute atomic E-state index is 13.4. The van der Waals surface area contributed by atoms with E-state index < -0.39 is 43.9 Å². The summed E-state index contributed by atoms with van der Waals surface area (Å²) in [6.07, 6.45) is 0.274. The number of benzene rings is 2. The standard InChI is InChI=1S/C23H30FN3O7S2/c1-15-12-27(16(2)14-28)23(29)20-11-18(25-35(4,30)31)7-10-21(20)34-22(15)13-26(3)36(32,33)19-8-5-17(24)6-9-19/h5-11,15-16,22,25,28H,12-14H2,1-4H3/t15-,16-,22+/m0/s1. The lowest BCUT2D eigenvalue weighted by Crippen LogP contribution is -2.50. The van der Waals surface area contributed by atoms with Gasteiger partial charge in [0.25, 0.3) is 5.91 Å². The van der Waals surface area contributed by atoms with Crippen molar-refractivity contribution in [2.45, 2.75) is 30.9 Å². The number of nitrogens with one attached hydrogen (secondary N) is 1. The lowest BCUT2D eigenvalue weighted by Gasteiger charge is -2.38. The maximum atomic E-state index is 13.4. The zero-order valence-corrected chi connectivity index (χ0v) is 22.0. The van der Waals surface area contributed by atoms with E-state index in [9.17, 15) is 31.1 Å². The molecular formula is C23H30FN3O7S2. The number of hydrogen-bond donors (Lipinski definition) is 2. The molecule has 1 amide bonds. The van der Waals surface area contributed by atoms with E-state index in [-0.39, 0.29) is 47.5 Å². The van der Waals surface area contributed by atoms with Crippen LogP contribution in [0, 0.1) is 11.7 Å². The quantitative estimate of drug-likeness (QED) is 0.518. The van der Waals surface area contributed by atoms with Gasteiger partial charge in [0, 0.05) is 25.2 Å². The number of hydrogen-bond acceptors (Lipinski definition) is 7. The van der Waals surface area contributed by atoms with Gasteiger partial charge in [0.15, 0.2) is 0 Å². The maximum Gasteiger partial charge on any atom is 0.258 e. The molecule has 2 N–H and O–H groups in total. The molecule has 1 aliphatic heterocycles. The van der Waals surface area contributed by atoms with E-state index in [2.05, 4.69) is 4.72 Å². The molecule has 1 aliphatic rings. The largest absolute Gasteiger partial charge is 0.488 e. The number of rotatable bonds is 8. The average Bonchev–Trinajstić information content (AvgIpc) is 2.80. The van der Waals surface area contributed by atoms with E-state index in [1.165, 1.54) is 42.3 Å². The lowest BCUT2D eigenvalue weighted by atomic mass is 9.99. The molecule has 10 nitrogen and oxygen atoms in total. The van der Waals surface area contributed by atoms with Crippen molar-refractivity contribution in [1.29, 1.82) is 0 Å². The van der Waals surface area contributed by atoms with Gasteiger partial charge in [-0.1, -0.05) is 6.92 Å². The van der Waals surface area contributed by atoms with Crippen molar-refractivity contribution in [3.05, 3.63) is 53.8 Å². The highest BCUT2D eigenvalue weighted by Crippen LogP contribution is 2.31. The predicted molar refractivity (Wildman–Crippen MR) is 132 cm³/mol. The van der Waals surface area contributed by atoms with Gasteiger partial charge in [-0.2, -0.15) is 4.31 Å². The normalized spacial score (nSPS) is 19.8. The zero-order chi connectivity index (χ0) is 26.8. The summed E-state index contributed by atoms with van der Waals surface area (Å²) in [5.74, 6) is -1.21. The second kappa shape index (κ2) is 10.7. The first-order chi connectivity index (χ1) is 16.7. The lowest BCUT2D eigenvalue weighted by molar-refractivity contribution is 0.0387. The Morgan fingerprint density at radius 3 is 2.42 bits per heavy atom. The first kappa shape index (κ1) is 27.8. The highest BCUT2D eigenvalue weighted by molar-refractivity contribution is 7.92. The smallest absolute Gasteiger partial charge is 0.258 e. The second-order valence-electron chi connectivity index (χ2n) is 8.95. The number of ether oxygens (including phenoxy) is 1. The summed E-state index contributed by atoms with van der Waals surface area (Å²) in [5, 5.41) is 9.74. The monoisotopic (exact) mass is 543 g/mol. The number of aliphatic hydroxyl groups excluding tert-OH is 1. The third-order valence-electron chi connectivity index (χ3n) is 5.93. The van der Waals surface area contributed by atoms with E-state index in [1.807, 2.05) is 0 Å². The topological polar surface area (TPSA) is 133 Å². The van der Waals surface area contributed by atoms with Crippen molar-refractivity contribution in [2.75, 3.05) is 37.7 Å². The van der Waals surface area contributed by atoms with Gasteiger partial charge in [0.1, 0.15) is 17.7 Å². The Kier molecular flexibility index (Phi) is 8.28. The number of sulfonamides is 2. The van der Waals surface area contributed by atoms with E-state index >= 15 is 0 Å². The van der Waals surface area contributed by atoms with Crippen molar-refractivity contribution in [3.63, 3.8) is 0 Å². The van der Waals surface area contributed by atoms with Crippen LogP contribution in [0.3, 0.4) is 0 Å². The summed E-state index contributed by atoms with van der Waals surface area (Å²) in [6.45, 7) is 3.24. The number of fused-ring (bicyclic) bond motifs is 1. The van der Waals surface area contributed by atoms with E-state index in [0.29, 0.717) is 0 Å². The Bertz CT molecular complexity index is 1320. The van der Waals surface area contributed by atoms with Crippen LogP contribution in [0.15, 0.2) is 47.4 Å². The van der Waals surface area contributed by atoms with Crippen molar-refractivity contribution in [2.24, 2.45) is 5.92 Å². The van der Waals surface area contributed by atoms with Crippen LogP contribution in [0.5, 0.6) is 5.75 Å². The molecule has 2 aromatic rings. The molecule has 36 heavy (non-hydrogen) atoms. The van der Waals surface area contributed by atoms with Gasteiger partial charge in [-0.05, 0) is 49.4 Å². The Morgan fingerprint density at radius 2 is 1.83 bits per heavy atom. The van der Waals surface area contributed by atoms with E-state index in [0.717, 1.165) is 22.7 Å². The minimum atomic E-state index is -3.96. The first-order valence-electron chi connectivity index (χ1n) is 11.1.